The summed E-state index contributed by atoms with van der Waals surface area (Å²) in [7, 11) is 1.81. The van der Waals surface area contributed by atoms with Gasteiger partial charge in [0.25, 0.3) is 0 Å². The fraction of sp³-hybridized carbons (Fsp3) is 0.500. The van der Waals surface area contributed by atoms with Crippen LogP contribution in [0.25, 0.3) is 0 Å². The normalized spacial score (nSPS) is 18.2. The summed E-state index contributed by atoms with van der Waals surface area (Å²) in [5.74, 6) is 1.09. The van der Waals surface area contributed by atoms with Crippen LogP contribution in [0.1, 0.15) is 37.8 Å². The molecule has 2 aliphatic rings. The summed E-state index contributed by atoms with van der Waals surface area (Å²) < 4.78 is 11.1. The largest absolute Gasteiger partial charge is 0.414 e. The van der Waals surface area contributed by atoms with Crippen LogP contribution in [0, 0.1) is 5.92 Å². The number of amides is 1. The van der Waals surface area contributed by atoms with E-state index in [0.29, 0.717) is 18.2 Å². The molecule has 0 spiro atoms. The van der Waals surface area contributed by atoms with Gasteiger partial charge in [-0.2, -0.15) is 0 Å². The first-order valence-corrected chi connectivity index (χ1v) is 10.7. The van der Waals surface area contributed by atoms with Gasteiger partial charge in [-0.15, -0.1) is 0 Å². The van der Waals surface area contributed by atoms with Gasteiger partial charge in [0.05, 0.1) is 0 Å². The van der Waals surface area contributed by atoms with Crippen LogP contribution in [0.4, 0.5) is 10.5 Å². The molecule has 4 rings (SSSR count). The number of aromatic nitrogens is 1. The Bertz CT molecular complexity index is 879. The van der Waals surface area contributed by atoms with E-state index in [-0.39, 0.29) is 11.5 Å². The third-order valence-electron chi connectivity index (χ3n) is 6.11. The minimum atomic E-state index is -0.301. The highest BCUT2D eigenvalue weighted by Crippen LogP contribution is 2.42. The Morgan fingerprint density at radius 3 is 2.83 bits per heavy atom. The van der Waals surface area contributed by atoms with E-state index in [0.717, 1.165) is 39.1 Å². The van der Waals surface area contributed by atoms with Crippen molar-refractivity contribution in [1.82, 2.24) is 9.88 Å². The van der Waals surface area contributed by atoms with E-state index in [1.807, 2.05) is 31.4 Å². The molecule has 6 heteroatoms. The van der Waals surface area contributed by atoms with Crippen molar-refractivity contribution in [2.24, 2.45) is 5.92 Å². The van der Waals surface area contributed by atoms with Crippen LogP contribution in [0.2, 0.25) is 0 Å². The van der Waals surface area contributed by atoms with Crippen LogP contribution in [-0.2, 0) is 16.7 Å². The summed E-state index contributed by atoms with van der Waals surface area (Å²) in [6.45, 7) is 8.47. The Labute approximate surface area is 178 Å². The smallest absolute Gasteiger partial charge is 0.410 e. The van der Waals surface area contributed by atoms with E-state index in [9.17, 15) is 4.79 Å². The average molecular weight is 410 g/mol. The Hall–Kier alpha value is -2.60. The number of pyridine rings is 1. The highest BCUT2D eigenvalue weighted by atomic mass is 16.6. The van der Waals surface area contributed by atoms with Gasteiger partial charge < -0.3 is 19.3 Å². The van der Waals surface area contributed by atoms with Gasteiger partial charge in [-0.3, -0.25) is 4.98 Å². The molecule has 1 aromatic heterocycles. The minimum Gasteiger partial charge on any atom is -0.410 e. The van der Waals surface area contributed by atoms with Gasteiger partial charge in [-0.25, -0.2) is 4.79 Å². The number of anilines is 1. The van der Waals surface area contributed by atoms with E-state index in [2.05, 4.69) is 35.9 Å². The molecule has 160 valence electrons. The maximum Gasteiger partial charge on any atom is 0.414 e. The quantitative estimate of drug-likeness (QED) is 0.739. The Balaban J connectivity index is 1.44. The number of fused-ring (bicyclic) bond motifs is 1. The zero-order valence-electron chi connectivity index (χ0n) is 18.1. The van der Waals surface area contributed by atoms with Crippen LogP contribution < -0.4 is 9.64 Å². The zero-order chi connectivity index (χ0) is 21.1. The molecule has 0 N–H and O–H groups in total. The molecule has 2 aliphatic heterocycles. The molecule has 1 aromatic carbocycles. The lowest BCUT2D eigenvalue weighted by molar-refractivity contribution is 0.0559. The lowest BCUT2D eigenvalue weighted by Gasteiger charge is -2.26. The summed E-state index contributed by atoms with van der Waals surface area (Å²) in [6, 6.07) is 10.1. The van der Waals surface area contributed by atoms with Crippen LogP contribution in [0.15, 0.2) is 42.7 Å². The third-order valence-corrected chi connectivity index (χ3v) is 6.11. The van der Waals surface area contributed by atoms with Crippen molar-refractivity contribution in [3.8, 4) is 5.75 Å². The molecule has 0 bridgehead atoms. The summed E-state index contributed by atoms with van der Waals surface area (Å²) in [4.78, 5) is 20.9. The summed E-state index contributed by atoms with van der Waals surface area (Å²) in [6.07, 6.45) is 5.40. The van der Waals surface area contributed by atoms with E-state index >= 15 is 0 Å². The van der Waals surface area contributed by atoms with Crippen LogP contribution in [0.3, 0.4) is 0 Å². The second-order valence-corrected chi connectivity index (χ2v) is 9.08. The number of carbonyl (C=O) groups excluding carboxylic acids is 1. The Kier molecular flexibility index (Phi) is 5.95. The first kappa shape index (κ1) is 20.7. The molecule has 0 atom stereocenters. The zero-order valence-corrected chi connectivity index (χ0v) is 18.1. The van der Waals surface area contributed by atoms with Gasteiger partial charge in [0.2, 0.25) is 0 Å². The first-order chi connectivity index (χ1) is 14.4. The number of carbonyl (C=O) groups is 1. The average Bonchev–Trinajstić information content (AvgIpc) is 2.99. The molecule has 0 aliphatic carbocycles. The maximum atomic E-state index is 12.6. The lowest BCUT2D eigenvalue weighted by atomic mass is 9.87. The second kappa shape index (κ2) is 8.64. The predicted molar refractivity (Wildman–Crippen MR) is 117 cm³/mol. The van der Waals surface area contributed by atoms with Crippen molar-refractivity contribution >= 4 is 11.8 Å². The standard InChI is InChI=1S/C24H31N3O3/c1-24(2)17-27(16-19-5-4-10-25-14-19)22-7-6-20(13-21(22)24)30-23(28)26(3)15-18-8-11-29-12-9-18/h4-7,10,13-14,18H,8-9,11-12,15-17H2,1-3H3. The molecule has 3 heterocycles. The summed E-state index contributed by atoms with van der Waals surface area (Å²) >= 11 is 0. The third kappa shape index (κ3) is 4.59. The van der Waals surface area contributed by atoms with E-state index in [1.54, 1.807) is 11.1 Å². The van der Waals surface area contributed by atoms with Crippen molar-refractivity contribution in [2.45, 2.75) is 38.6 Å². The highest BCUT2D eigenvalue weighted by Gasteiger charge is 2.35. The molecular formula is C24H31N3O3. The number of nitrogens with zero attached hydrogens (tertiary/aromatic N) is 3. The summed E-state index contributed by atoms with van der Waals surface area (Å²) in [5.41, 5.74) is 3.57. The molecule has 0 saturated carbocycles. The van der Waals surface area contributed by atoms with E-state index in [4.69, 9.17) is 9.47 Å². The molecule has 1 amide bonds. The van der Waals surface area contributed by atoms with Crippen molar-refractivity contribution in [1.29, 1.82) is 0 Å². The monoisotopic (exact) mass is 409 g/mol. The lowest BCUT2D eigenvalue weighted by Crippen LogP contribution is -2.36. The number of hydrogen-bond acceptors (Lipinski definition) is 5. The number of ether oxygens (including phenoxy) is 2. The van der Waals surface area contributed by atoms with Crippen molar-refractivity contribution in [3.05, 3.63) is 53.9 Å². The van der Waals surface area contributed by atoms with Crippen molar-refractivity contribution < 1.29 is 14.3 Å². The number of benzene rings is 1. The van der Waals surface area contributed by atoms with E-state index < -0.39 is 0 Å². The fourth-order valence-electron chi connectivity index (χ4n) is 4.47. The van der Waals surface area contributed by atoms with Gasteiger partial charge >= 0.3 is 6.09 Å². The van der Waals surface area contributed by atoms with Gasteiger partial charge in [0.15, 0.2) is 0 Å². The van der Waals surface area contributed by atoms with Gasteiger partial charge in [-0.05, 0) is 54.2 Å². The molecule has 0 radical (unpaired) electrons. The van der Waals surface area contributed by atoms with Crippen LogP contribution in [0.5, 0.6) is 5.75 Å². The second-order valence-electron chi connectivity index (χ2n) is 9.08. The topological polar surface area (TPSA) is 54.9 Å². The van der Waals surface area contributed by atoms with Crippen LogP contribution in [-0.4, -0.2) is 49.3 Å². The molecule has 6 nitrogen and oxygen atoms in total. The predicted octanol–water partition coefficient (Wildman–Crippen LogP) is 4.24. The molecule has 2 aromatic rings. The Morgan fingerprint density at radius 1 is 1.30 bits per heavy atom. The van der Waals surface area contributed by atoms with Crippen LogP contribution >= 0.6 is 0 Å². The van der Waals surface area contributed by atoms with Gasteiger partial charge in [0.1, 0.15) is 5.75 Å². The molecule has 30 heavy (non-hydrogen) atoms. The molecular weight excluding hydrogens is 378 g/mol. The van der Waals surface area contributed by atoms with Crippen molar-refractivity contribution in [2.75, 3.05) is 38.3 Å². The molecule has 1 fully saturated rings. The molecule has 0 unspecified atom stereocenters. The molecule has 1 saturated heterocycles. The Morgan fingerprint density at radius 2 is 2.10 bits per heavy atom. The minimum absolute atomic E-state index is 0.0199. The SMILES string of the molecule is CN(CC1CCOCC1)C(=O)Oc1ccc2c(c1)C(C)(C)CN2Cc1cccnc1. The number of rotatable bonds is 5. The first-order valence-electron chi connectivity index (χ1n) is 10.7. The maximum absolute atomic E-state index is 12.6. The van der Waals surface area contributed by atoms with Gasteiger partial charge in [-0.1, -0.05) is 19.9 Å². The van der Waals surface area contributed by atoms with E-state index in [1.165, 1.54) is 16.8 Å². The van der Waals surface area contributed by atoms with Crippen molar-refractivity contribution in [3.63, 3.8) is 0 Å². The summed E-state index contributed by atoms with van der Waals surface area (Å²) in [5, 5.41) is 0. The highest BCUT2D eigenvalue weighted by molar-refractivity contribution is 5.72. The van der Waals surface area contributed by atoms with Gasteiger partial charge in [0, 0.05) is 63.4 Å². The fourth-order valence-corrected chi connectivity index (χ4v) is 4.47. The number of hydrogen-bond donors (Lipinski definition) is 0.